The van der Waals surface area contributed by atoms with Crippen LogP contribution in [0.5, 0.6) is 0 Å². The molecule has 0 saturated heterocycles. The minimum absolute atomic E-state index is 0.0581. The fourth-order valence-electron chi connectivity index (χ4n) is 2.19. The topological polar surface area (TPSA) is 58.2 Å². The Morgan fingerprint density at radius 1 is 0.923 bits per heavy atom. The molecule has 2 aromatic carbocycles. The van der Waals surface area contributed by atoms with E-state index in [-0.39, 0.29) is 11.8 Å². The van der Waals surface area contributed by atoms with Crippen molar-refractivity contribution in [2.45, 2.75) is 12.2 Å². The van der Waals surface area contributed by atoms with Crippen molar-refractivity contribution in [3.63, 3.8) is 0 Å². The van der Waals surface area contributed by atoms with Crippen LogP contribution in [-0.4, -0.2) is 30.7 Å². The number of thioether (sulfide) groups is 1. The number of carbonyl (C=O) groups excluding carboxylic acids is 2. The Labute approximate surface area is 167 Å². The Hall–Kier alpha value is -1.69. The summed E-state index contributed by atoms with van der Waals surface area (Å²) in [6.45, 7) is 0.812. The van der Waals surface area contributed by atoms with Gasteiger partial charge in [0.2, 0.25) is 11.8 Å². The van der Waals surface area contributed by atoms with Crippen LogP contribution in [0.3, 0.4) is 0 Å². The lowest BCUT2D eigenvalue weighted by molar-refractivity contribution is -0.121. The van der Waals surface area contributed by atoms with Gasteiger partial charge in [0.15, 0.2) is 0 Å². The zero-order valence-corrected chi connectivity index (χ0v) is 16.5. The van der Waals surface area contributed by atoms with Gasteiger partial charge in [0.1, 0.15) is 0 Å². The molecule has 0 spiro atoms. The van der Waals surface area contributed by atoms with E-state index in [1.54, 1.807) is 12.1 Å². The van der Waals surface area contributed by atoms with Crippen LogP contribution in [0.15, 0.2) is 48.5 Å². The summed E-state index contributed by atoms with van der Waals surface area (Å²) < 4.78 is 0. The quantitative estimate of drug-likeness (QED) is 0.619. The van der Waals surface area contributed by atoms with E-state index >= 15 is 0 Å². The van der Waals surface area contributed by atoms with Gasteiger partial charge in [0, 0.05) is 28.9 Å². The van der Waals surface area contributed by atoms with Gasteiger partial charge in [-0.2, -0.15) is 0 Å². The summed E-state index contributed by atoms with van der Waals surface area (Å²) in [5, 5.41) is 6.77. The predicted octanol–water partition coefficient (Wildman–Crippen LogP) is 3.70. The van der Waals surface area contributed by atoms with E-state index in [1.807, 2.05) is 36.4 Å². The first kappa shape index (κ1) is 20.6. The van der Waals surface area contributed by atoms with E-state index in [0.29, 0.717) is 41.1 Å². The third-order valence-electron chi connectivity index (χ3n) is 3.48. The first-order valence-corrected chi connectivity index (χ1v) is 10.0. The Bertz CT molecular complexity index is 742. The lowest BCUT2D eigenvalue weighted by Gasteiger charge is -2.08. The summed E-state index contributed by atoms with van der Waals surface area (Å²) in [6, 6.07) is 14.9. The van der Waals surface area contributed by atoms with Gasteiger partial charge < -0.3 is 10.6 Å². The van der Waals surface area contributed by atoms with Crippen molar-refractivity contribution in [3.05, 3.63) is 69.7 Å². The standard InChI is InChI=1S/C19H20Cl2N2O2S/c20-16-7-6-15(17(21)11-16)12-26-13-19(25)23-9-8-22-18(24)10-14-4-2-1-3-5-14/h1-7,11H,8-10,12-13H2,(H,22,24)(H,23,25). The summed E-state index contributed by atoms with van der Waals surface area (Å²) in [4.78, 5) is 23.6. The van der Waals surface area contributed by atoms with Gasteiger partial charge in [-0.3, -0.25) is 9.59 Å². The molecule has 0 aliphatic rings. The SMILES string of the molecule is O=C(CSCc1ccc(Cl)cc1Cl)NCCNC(=O)Cc1ccccc1. The van der Waals surface area contributed by atoms with Gasteiger partial charge in [0.05, 0.1) is 12.2 Å². The maximum atomic E-state index is 11.8. The van der Waals surface area contributed by atoms with E-state index in [9.17, 15) is 9.59 Å². The number of amides is 2. The van der Waals surface area contributed by atoms with Crippen LogP contribution < -0.4 is 10.6 Å². The molecule has 7 heteroatoms. The summed E-state index contributed by atoms with van der Waals surface area (Å²) >= 11 is 13.4. The predicted molar refractivity (Wildman–Crippen MR) is 109 cm³/mol. The van der Waals surface area contributed by atoms with Crippen LogP contribution in [0.4, 0.5) is 0 Å². The number of hydrogen-bond acceptors (Lipinski definition) is 3. The average molecular weight is 411 g/mol. The van der Waals surface area contributed by atoms with Crippen molar-refractivity contribution in [1.29, 1.82) is 0 Å². The third-order valence-corrected chi connectivity index (χ3v) is 5.05. The molecule has 0 aliphatic heterocycles. The third kappa shape index (κ3) is 7.68. The Kier molecular flexibility index (Phi) is 8.81. The van der Waals surface area contributed by atoms with E-state index in [2.05, 4.69) is 10.6 Å². The minimum atomic E-state index is -0.0719. The van der Waals surface area contributed by atoms with Crippen molar-refractivity contribution in [1.82, 2.24) is 10.6 Å². The van der Waals surface area contributed by atoms with Gasteiger partial charge in [-0.05, 0) is 23.3 Å². The lowest BCUT2D eigenvalue weighted by atomic mass is 10.1. The number of nitrogens with one attached hydrogen (secondary N) is 2. The molecule has 4 nitrogen and oxygen atoms in total. The molecule has 26 heavy (non-hydrogen) atoms. The zero-order chi connectivity index (χ0) is 18.8. The highest BCUT2D eigenvalue weighted by Gasteiger charge is 2.06. The van der Waals surface area contributed by atoms with Crippen molar-refractivity contribution < 1.29 is 9.59 Å². The molecule has 2 rings (SSSR count). The summed E-state index contributed by atoms with van der Waals surface area (Å²) in [6.07, 6.45) is 0.340. The Morgan fingerprint density at radius 3 is 2.31 bits per heavy atom. The summed E-state index contributed by atoms with van der Waals surface area (Å²) in [7, 11) is 0. The molecule has 0 fully saturated rings. The van der Waals surface area contributed by atoms with Gasteiger partial charge in [-0.25, -0.2) is 0 Å². The smallest absolute Gasteiger partial charge is 0.230 e. The van der Waals surface area contributed by atoms with Crippen LogP contribution in [0, 0.1) is 0 Å². The van der Waals surface area contributed by atoms with E-state index in [0.717, 1.165) is 11.1 Å². The molecule has 0 radical (unpaired) electrons. The van der Waals surface area contributed by atoms with Crippen LogP contribution in [0.2, 0.25) is 10.0 Å². The van der Waals surface area contributed by atoms with Gasteiger partial charge in [-0.15, -0.1) is 11.8 Å². The van der Waals surface area contributed by atoms with Crippen molar-refractivity contribution >= 4 is 46.8 Å². The molecule has 0 unspecified atom stereocenters. The van der Waals surface area contributed by atoms with Crippen molar-refractivity contribution in [2.75, 3.05) is 18.8 Å². The second-order valence-corrected chi connectivity index (χ2v) is 7.42. The van der Waals surface area contributed by atoms with Gasteiger partial charge in [-0.1, -0.05) is 59.6 Å². The molecule has 0 bridgehead atoms. The molecular weight excluding hydrogens is 391 g/mol. The number of rotatable bonds is 9. The summed E-state index contributed by atoms with van der Waals surface area (Å²) in [5.74, 6) is 0.836. The highest BCUT2D eigenvalue weighted by Crippen LogP contribution is 2.24. The molecule has 2 aromatic rings. The lowest BCUT2D eigenvalue weighted by Crippen LogP contribution is -2.36. The van der Waals surface area contributed by atoms with E-state index in [4.69, 9.17) is 23.2 Å². The molecule has 0 aliphatic carbocycles. The average Bonchev–Trinajstić information content (AvgIpc) is 2.61. The van der Waals surface area contributed by atoms with Crippen LogP contribution >= 0.6 is 35.0 Å². The normalized spacial score (nSPS) is 10.4. The number of carbonyl (C=O) groups is 2. The Morgan fingerprint density at radius 2 is 1.62 bits per heavy atom. The van der Waals surface area contributed by atoms with Crippen molar-refractivity contribution in [3.8, 4) is 0 Å². The van der Waals surface area contributed by atoms with E-state index < -0.39 is 0 Å². The maximum Gasteiger partial charge on any atom is 0.230 e. The number of hydrogen-bond donors (Lipinski definition) is 2. The molecule has 0 aromatic heterocycles. The molecule has 0 saturated carbocycles. The second-order valence-electron chi connectivity index (χ2n) is 5.59. The zero-order valence-electron chi connectivity index (χ0n) is 14.1. The van der Waals surface area contributed by atoms with Gasteiger partial charge in [0.25, 0.3) is 0 Å². The molecule has 138 valence electrons. The van der Waals surface area contributed by atoms with Crippen LogP contribution in [-0.2, 0) is 21.8 Å². The molecule has 2 N–H and O–H groups in total. The second kappa shape index (κ2) is 11.1. The monoisotopic (exact) mass is 410 g/mol. The molecule has 0 atom stereocenters. The van der Waals surface area contributed by atoms with Crippen molar-refractivity contribution in [2.24, 2.45) is 0 Å². The van der Waals surface area contributed by atoms with Gasteiger partial charge >= 0.3 is 0 Å². The molecular formula is C19H20Cl2N2O2S. The minimum Gasteiger partial charge on any atom is -0.354 e. The highest BCUT2D eigenvalue weighted by molar-refractivity contribution is 7.99. The molecule has 2 amide bonds. The first-order chi connectivity index (χ1) is 12.5. The maximum absolute atomic E-state index is 11.8. The fourth-order valence-corrected chi connectivity index (χ4v) is 3.61. The van der Waals surface area contributed by atoms with E-state index in [1.165, 1.54) is 11.8 Å². The summed E-state index contributed by atoms with van der Waals surface area (Å²) in [5.41, 5.74) is 1.91. The van der Waals surface area contributed by atoms with Crippen LogP contribution in [0.1, 0.15) is 11.1 Å². The van der Waals surface area contributed by atoms with Crippen LogP contribution in [0.25, 0.3) is 0 Å². The number of halogens is 2. The molecule has 0 heterocycles. The largest absolute Gasteiger partial charge is 0.354 e. The number of benzene rings is 2. The highest BCUT2D eigenvalue weighted by atomic mass is 35.5. The first-order valence-electron chi connectivity index (χ1n) is 8.13. The Balaban J connectivity index is 1.56. The fraction of sp³-hybridized carbons (Fsp3) is 0.263.